The van der Waals surface area contributed by atoms with Crippen LogP contribution in [-0.4, -0.2) is 11.4 Å². The number of nitrogens with zero attached hydrogens (tertiary/aromatic N) is 2. The predicted molar refractivity (Wildman–Crippen MR) is 163 cm³/mol. The van der Waals surface area contributed by atoms with Crippen LogP contribution in [0.25, 0.3) is 0 Å². The molecular formula is C33H29IN2. The van der Waals surface area contributed by atoms with E-state index < -0.39 is 0 Å². The van der Waals surface area contributed by atoms with E-state index in [9.17, 15) is 0 Å². The number of aryl methyl sites for hydroxylation is 1. The second-order valence-corrected chi connectivity index (χ2v) is 9.51. The Bertz CT molecular complexity index is 1430. The summed E-state index contributed by atoms with van der Waals surface area (Å²) >= 11 is 2.44. The number of halogens is 1. The summed E-state index contributed by atoms with van der Waals surface area (Å²) in [5.74, 6) is 0. The molecule has 0 aliphatic carbocycles. The molecule has 4 rings (SSSR count). The van der Waals surface area contributed by atoms with Gasteiger partial charge in [-0.15, -0.1) is 0 Å². The molecule has 0 amide bonds. The van der Waals surface area contributed by atoms with E-state index in [0.717, 1.165) is 54.2 Å². The minimum Gasteiger partial charge on any atom is -0.248 e. The van der Waals surface area contributed by atoms with E-state index in [2.05, 4.69) is 90.2 Å². The molecule has 178 valence electrons. The average molecular weight is 581 g/mol. The molecule has 4 aromatic carbocycles. The van der Waals surface area contributed by atoms with E-state index in [4.69, 9.17) is 9.98 Å². The number of aliphatic imine (C=N–C) groups is 2. The van der Waals surface area contributed by atoms with Gasteiger partial charge in [0.15, 0.2) is 0 Å². The topological polar surface area (TPSA) is 24.7 Å². The fraction of sp³-hybridized carbons (Fsp3) is 0.0909. The Labute approximate surface area is 228 Å². The highest BCUT2D eigenvalue weighted by atomic mass is 127. The van der Waals surface area contributed by atoms with Crippen molar-refractivity contribution in [3.05, 3.63) is 158 Å². The first-order valence-corrected chi connectivity index (χ1v) is 13.1. The van der Waals surface area contributed by atoms with Crippen molar-refractivity contribution in [1.82, 2.24) is 0 Å². The van der Waals surface area contributed by atoms with E-state index in [1.165, 1.54) is 0 Å². The number of allylic oxidation sites excluding steroid dienone is 3. The number of rotatable bonds is 7. The Morgan fingerprint density at radius 1 is 0.694 bits per heavy atom. The molecule has 0 saturated heterocycles. The molecule has 0 bridgehead atoms. The van der Waals surface area contributed by atoms with Crippen molar-refractivity contribution >= 4 is 39.7 Å². The summed E-state index contributed by atoms with van der Waals surface area (Å²) in [5.41, 5.74) is 9.36. The van der Waals surface area contributed by atoms with Gasteiger partial charge >= 0.3 is 0 Å². The Morgan fingerprint density at radius 3 is 1.81 bits per heavy atom. The summed E-state index contributed by atoms with van der Waals surface area (Å²) in [6.45, 7) is 6.19. The molecule has 0 aromatic heterocycles. The maximum Gasteiger partial charge on any atom is 0.0792 e. The molecule has 0 aliphatic heterocycles. The largest absolute Gasteiger partial charge is 0.248 e. The summed E-state index contributed by atoms with van der Waals surface area (Å²) < 4.78 is 1.13. The van der Waals surface area contributed by atoms with Crippen LogP contribution in [0.1, 0.15) is 41.7 Å². The molecular weight excluding hydrogens is 551 g/mol. The van der Waals surface area contributed by atoms with Crippen LogP contribution in [0.3, 0.4) is 0 Å². The second kappa shape index (κ2) is 12.4. The smallest absolute Gasteiger partial charge is 0.0792 e. The molecule has 0 spiro atoms. The van der Waals surface area contributed by atoms with Crippen molar-refractivity contribution in [3.63, 3.8) is 0 Å². The lowest BCUT2D eigenvalue weighted by Gasteiger charge is -2.16. The third-order valence-electron chi connectivity index (χ3n) is 5.79. The average Bonchev–Trinajstić information content (AvgIpc) is 2.92. The summed E-state index contributed by atoms with van der Waals surface area (Å²) in [6.07, 6.45) is 6.10. The monoisotopic (exact) mass is 580 g/mol. The van der Waals surface area contributed by atoms with Crippen LogP contribution in [0.2, 0.25) is 0 Å². The standard InChI is InChI=1S/C33H29IN2/c1-4-15-27(5-2)35-32(25-16-9-6-10-17-25)29-23-31(34)30(22-24(29)3)33(26-18-11-7-12-19-26)36-28-20-13-8-14-21-28/h4-23H,1-3H3/b15-4-,27-5+,35-32+,36-33+. The van der Waals surface area contributed by atoms with Crippen molar-refractivity contribution in [1.29, 1.82) is 0 Å². The van der Waals surface area contributed by atoms with Gasteiger partial charge in [0.1, 0.15) is 0 Å². The zero-order valence-corrected chi connectivity index (χ0v) is 23.0. The molecule has 36 heavy (non-hydrogen) atoms. The highest BCUT2D eigenvalue weighted by molar-refractivity contribution is 14.1. The van der Waals surface area contributed by atoms with Crippen molar-refractivity contribution in [2.75, 3.05) is 0 Å². The molecule has 0 heterocycles. The van der Waals surface area contributed by atoms with Crippen LogP contribution in [0.4, 0.5) is 5.69 Å². The first-order valence-electron chi connectivity index (χ1n) is 12.0. The maximum absolute atomic E-state index is 5.08. The summed E-state index contributed by atoms with van der Waals surface area (Å²) in [6, 6.07) is 35.4. The van der Waals surface area contributed by atoms with Crippen LogP contribution < -0.4 is 0 Å². The van der Waals surface area contributed by atoms with Gasteiger partial charge in [-0.3, -0.25) is 0 Å². The fourth-order valence-corrected chi connectivity index (χ4v) is 4.72. The lowest BCUT2D eigenvalue weighted by atomic mass is 9.93. The molecule has 4 aromatic rings. The maximum atomic E-state index is 5.08. The van der Waals surface area contributed by atoms with E-state index in [1.807, 2.05) is 74.5 Å². The van der Waals surface area contributed by atoms with Gasteiger partial charge in [-0.2, -0.15) is 0 Å². The highest BCUT2D eigenvalue weighted by Crippen LogP contribution is 2.27. The summed E-state index contributed by atoms with van der Waals surface area (Å²) in [7, 11) is 0. The Hall–Kier alpha value is -3.57. The van der Waals surface area contributed by atoms with Gasteiger partial charge < -0.3 is 0 Å². The van der Waals surface area contributed by atoms with Gasteiger partial charge in [0.2, 0.25) is 0 Å². The summed E-state index contributed by atoms with van der Waals surface area (Å²) in [4.78, 5) is 10.2. The molecule has 0 N–H and O–H groups in total. The third kappa shape index (κ3) is 6.16. The predicted octanol–water partition coefficient (Wildman–Crippen LogP) is 9.09. The Balaban J connectivity index is 1.90. The number of hydrogen-bond donors (Lipinski definition) is 0. The molecule has 3 heteroatoms. The third-order valence-corrected chi connectivity index (χ3v) is 6.68. The first kappa shape index (κ1) is 25.5. The van der Waals surface area contributed by atoms with Crippen LogP contribution in [-0.2, 0) is 0 Å². The first-order chi connectivity index (χ1) is 17.6. The molecule has 0 fully saturated rings. The van der Waals surface area contributed by atoms with Gasteiger partial charge in [-0.1, -0.05) is 91.0 Å². The van der Waals surface area contributed by atoms with Crippen molar-refractivity contribution in [3.8, 4) is 0 Å². The number of benzene rings is 4. The van der Waals surface area contributed by atoms with E-state index >= 15 is 0 Å². The zero-order valence-electron chi connectivity index (χ0n) is 20.8. The van der Waals surface area contributed by atoms with E-state index in [1.54, 1.807) is 0 Å². The SMILES string of the molecule is C\C=C/C(=C\C)/N=C(\c1ccccc1)c1cc(I)c(/C(=N/c2ccccc2)c2ccccc2)cc1C. The van der Waals surface area contributed by atoms with Crippen LogP contribution in [0.15, 0.2) is 137 Å². The van der Waals surface area contributed by atoms with Crippen LogP contribution >= 0.6 is 22.6 Å². The van der Waals surface area contributed by atoms with E-state index in [-0.39, 0.29) is 0 Å². The number of para-hydroxylation sites is 1. The van der Waals surface area contributed by atoms with Gasteiger partial charge in [0.25, 0.3) is 0 Å². The quantitative estimate of drug-likeness (QED) is 0.118. The van der Waals surface area contributed by atoms with Gasteiger partial charge in [-0.25, -0.2) is 9.98 Å². The van der Waals surface area contributed by atoms with Gasteiger partial charge in [-0.05, 0) is 79.3 Å². The molecule has 2 nitrogen and oxygen atoms in total. The summed E-state index contributed by atoms with van der Waals surface area (Å²) in [5, 5.41) is 0. The Kier molecular flexibility index (Phi) is 8.80. The van der Waals surface area contributed by atoms with E-state index in [0.29, 0.717) is 0 Å². The molecule has 0 unspecified atom stereocenters. The molecule has 0 radical (unpaired) electrons. The van der Waals surface area contributed by atoms with Crippen molar-refractivity contribution < 1.29 is 0 Å². The lowest BCUT2D eigenvalue weighted by Crippen LogP contribution is -2.11. The number of hydrogen-bond acceptors (Lipinski definition) is 2. The minimum absolute atomic E-state index is 0.935. The minimum atomic E-state index is 0.935. The molecule has 0 saturated carbocycles. The van der Waals surface area contributed by atoms with Crippen molar-refractivity contribution in [2.45, 2.75) is 20.8 Å². The van der Waals surface area contributed by atoms with Crippen LogP contribution in [0, 0.1) is 10.5 Å². The molecule has 0 atom stereocenters. The Morgan fingerprint density at radius 2 is 1.25 bits per heavy atom. The normalized spacial score (nSPS) is 12.8. The fourth-order valence-electron chi connectivity index (χ4n) is 4.00. The lowest BCUT2D eigenvalue weighted by molar-refractivity contribution is 1.33. The van der Waals surface area contributed by atoms with Gasteiger partial charge in [0, 0.05) is 25.8 Å². The van der Waals surface area contributed by atoms with Gasteiger partial charge in [0.05, 0.1) is 22.8 Å². The van der Waals surface area contributed by atoms with Crippen LogP contribution in [0.5, 0.6) is 0 Å². The highest BCUT2D eigenvalue weighted by Gasteiger charge is 2.17. The zero-order chi connectivity index (χ0) is 25.3. The second-order valence-electron chi connectivity index (χ2n) is 8.35. The van der Waals surface area contributed by atoms with Crippen molar-refractivity contribution in [2.24, 2.45) is 9.98 Å². The molecule has 0 aliphatic rings.